The van der Waals surface area contributed by atoms with E-state index in [0.717, 1.165) is 40.9 Å². The Hall–Kier alpha value is -0.140. The first-order valence-corrected chi connectivity index (χ1v) is 7.91. The van der Waals surface area contributed by atoms with E-state index in [4.69, 9.17) is 4.74 Å². The second-order valence-electron chi connectivity index (χ2n) is 4.57. The number of nitrogens with zero attached hydrogens (tertiary/aromatic N) is 1. The van der Waals surface area contributed by atoms with Gasteiger partial charge in [0.15, 0.2) is 0 Å². The Morgan fingerprint density at radius 3 is 2.79 bits per heavy atom. The molecule has 0 aliphatic carbocycles. The number of hydrogen-bond acceptors (Lipinski definition) is 4. The van der Waals surface area contributed by atoms with Gasteiger partial charge in [-0.1, -0.05) is 15.9 Å². The van der Waals surface area contributed by atoms with E-state index in [2.05, 4.69) is 42.1 Å². The maximum absolute atomic E-state index is 10.1. The predicted molar refractivity (Wildman–Crippen MR) is 83.6 cm³/mol. The first-order valence-electron chi connectivity index (χ1n) is 6.32. The van der Waals surface area contributed by atoms with Crippen molar-refractivity contribution in [2.24, 2.45) is 0 Å². The Morgan fingerprint density at radius 1 is 1.32 bits per heavy atom. The van der Waals surface area contributed by atoms with Gasteiger partial charge in [0.1, 0.15) is 0 Å². The van der Waals surface area contributed by atoms with Gasteiger partial charge in [-0.25, -0.2) is 0 Å². The van der Waals surface area contributed by atoms with E-state index in [-0.39, 0.29) is 6.10 Å². The molecule has 0 amide bonds. The second-order valence-corrected chi connectivity index (χ2v) is 6.34. The van der Waals surface area contributed by atoms with E-state index >= 15 is 0 Å². The molecular formula is C13H18Br2N2O2. The molecule has 1 unspecified atom stereocenters. The molecule has 1 aromatic carbocycles. The van der Waals surface area contributed by atoms with Crippen LogP contribution in [0.1, 0.15) is 0 Å². The SMILES string of the molecule is OC(CNc1cc(Br)ccc1Br)CN1CCOCC1. The molecule has 4 nitrogen and oxygen atoms in total. The van der Waals surface area contributed by atoms with Gasteiger partial charge in [0.2, 0.25) is 0 Å². The van der Waals surface area contributed by atoms with Crippen LogP contribution in [-0.4, -0.2) is 55.5 Å². The van der Waals surface area contributed by atoms with Crippen LogP contribution in [0.3, 0.4) is 0 Å². The number of hydrogen-bond donors (Lipinski definition) is 2. The van der Waals surface area contributed by atoms with Gasteiger partial charge in [-0.3, -0.25) is 4.90 Å². The molecule has 106 valence electrons. The van der Waals surface area contributed by atoms with Gasteiger partial charge < -0.3 is 15.2 Å². The molecular weight excluding hydrogens is 376 g/mol. The third kappa shape index (κ3) is 5.04. The highest BCUT2D eigenvalue weighted by Gasteiger charge is 2.14. The van der Waals surface area contributed by atoms with Crippen molar-refractivity contribution >= 4 is 37.5 Å². The number of β-amino-alcohol motifs (C(OH)–C–C–N with tert-alkyl or cyclic N) is 1. The number of benzene rings is 1. The third-order valence-electron chi connectivity index (χ3n) is 3.03. The van der Waals surface area contributed by atoms with Gasteiger partial charge in [0.05, 0.1) is 19.3 Å². The number of anilines is 1. The molecule has 1 heterocycles. The van der Waals surface area contributed by atoms with Gasteiger partial charge in [0, 0.05) is 40.8 Å². The molecule has 2 rings (SSSR count). The quantitative estimate of drug-likeness (QED) is 0.805. The number of halogens is 2. The first kappa shape index (κ1) is 15.3. The lowest BCUT2D eigenvalue weighted by atomic mass is 10.2. The molecule has 2 N–H and O–H groups in total. The van der Waals surface area contributed by atoms with Gasteiger partial charge in [-0.15, -0.1) is 0 Å². The lowest BCUT2D eigenvalue weighted by Crippen LogP contribution is -2.42. The van der Waals surface area contributed by atoms with Crippen LogP contribution >= 0.6 is 31.9 Å². The molecule has 0 radical (unpaired) electrons. The van der Waals surface area contributed by atoms with Crippen LogP contribution in [0.15, 0.2) is 27.1 Å². The lowest BCUT2D eigenvalue weighted by Gasteiger charge is -2.28. The minimum atomic E-state index is -0.385. The van der Waals surface area contributed by atoms with E-state index in [1.807, 2.05) is 18.2 Å². The highest BCUT2D eigenvalue weighted by Crippen LogP contribution is 2.26. The summed E-state index contributed by atoms with van der Waals surface area (Å²) in [5, 5.41) is 13.3. The molecule has 1 aliphatic rings. The van der Waals surface area contributed by atoms with Crippen LogP contribution in [0.4, 0.5) is 5.69 Å². The van der Waals surface area contributed by atoms with E-state index in [0.29, 0.717) is 13.1 Å². The minimum Gasteiger partial charge on any atom is -0.390 e. The molecule has 0 aromatic heterocycles. The van der Waals surface area contributed by atoms with Crippen molar-refractivity contribution in [3.8, 4) is 0 Å². The number of nitrogens with one attached hydrogen (secondary N) is 1. The molecule has 1 saturated heterocycles. The molecule has 0 spiro atoms. The van der Waals surface area contributed by atoms with Gasteiger partial charge in [-0.2, -0.15) is 0 Å². The summed E-state index contributed by atoms with van der Waals surface area (Å²) >= 11 is 6.92. The average molecular weight is 394 g/mol. The van der Waals surface area contributed by atoms with Crippen LogP contribution in [0.5, 0.6) is 0 Å². The molecule has 19 heavy (non-hydrogen) atoms. The topological polar surface area (TPSA) is 44.7 Å². The summed E-state index contributed by atoms with van der Waals surface area (Å²) < 4.78 is 7.30. The molecule has 6 heteroatoms. The highest BCUT2D eigenvalue weighted by molar-refractivity contribution is 9.11. The Bertz CT molecular complexity index is 412. The molecule has 1 atom stereocenters. The summed E-state index contributed by atoms with van der Waals surface area (Å²) in [6.07, 6.45) is -0.385. The second kappa shape index (κ2) is 7.59. The molecule has 0 bridgehead atoms. The maximum atomic E-state index is 10.1. The summed E-state index contributed by atoms with van der Waals surface area (Å²) in [4.78, 5) is 2.23. The summed E-state index contributed by atoms with van der Waals surface area (Å²) in [7, 11) is 0. The number of aliphatic hydroxyl groups excluding tert-OH is 1. The summed E-state index contributed by atoms with van der Waals surface area (Å²) in [5.41, 5.74) is 0.982. The fourth-order valence-corrected chi connectivity index (χ4v) is 2.75. The van der Waals surface area contributed by atoms with Crippen LogP contribution in [0, 0.1) is 0 Å². The van der Waals surface area contributed by atoms with Crippen molar-refractivity contribution in [1.82, 2.24) is 4.90 Å². The van der Waals surface area contributed by atoms with Crippen molar-refractivity contribution in [1.29, 1.82) is 0 Å². The molecule has 0 saturated carbocycles. The molecule has 1 aliphatic heterocycles. The van der Waals surface area contributed by atoms with Crippen molar-refractivity contribution in [3.63, 3.8) is 0 Å². The Balaban J connectivity index is 1.79. The van der Waals surface area contributed by atoms with Crippen LogP contribution in [0.2, 0.25) is 0 Å². The van der Waals surface area contributed by atoms with E-state index in [9.17, 15) is 5.11 Å². The fraction of sp³-hybridized carbons (Fsp3) is 0.538. The smallest absolute Gasteiger partial charge is 0.0839 e. The van der Waals surface area contributed by atoms with Crippen LogP contribution in [-0.2, 0) is 4.74 Å². The normalized spacial score (nSPS) is 18.3. The summed E-state index contributed by atoms with van der Waals surface area (Å²) in [5.74, 6) is 0. The fourth-order valence-electron chi connectivity index (χ4n) is 2.01. The highest BCUT2D eigenvalue weighted by atomic mass is 79.9. The van der Waals surface area contributed by atoms with E-state index in [1.165, 1.54) is 0 Å². The maximum Gasteiger partial charge on any atom is 0.0839 e. The predicted octanol–water partition coefficient (Wildman–Crippen LogP) is 2.32. The summed E-state index contributed by atoms with van der Waals surface area (Å²) in [6, 6.07) is 5.94. The van der Waals surface area contributed by atoms with Gasteiger partial charge in [0.25, 0.3) is 0 Å². The zero-order valence-corrected chi connectivity index (χ0v) is 13.8. The summed E-state index contributed by atoms with van der Waals surface area (Å²) in [6.45, 7) is 4.54. The van der Waals surface area contributed by atoms with Crippen LogP contribution < -0.4 is 5.32 Å². The van der Waals surface area contributed by atoms with Gasteiger partial charge in [-0.05, 0) is 34.1 Å². The Kier molecular flexibility index (Phi) is 6.09. The zero-order chi connectivity index (χ0) is 13.7. The van der Waals surface area contributed by atoms with Crippen molar-refractivity contribution in [3.05, 3.63) is 27.1 Å². The zero-order valence-electron chi connectivity index (χ0n) is 10.6. The number of ether oxygens (including phenoxy) is 1. The third-order valence-corrected chi connectivity index (χ3v) is 4.21. The van der Waals surface area contributed by atoms with Crippen molar-refractivity contribution in [2.75, 3.05) is 44.7 Å². The largest absolute Gasteiger partial charge is 0.390 e. The number of rotatable bonds is 5. The minimum absolute atomic E-state index is 0.385. The first-order chi connectivity index (χ1) is 9.15. The van der Waals surface area contributed by atoms with Crippen molar-refractivity contribution in [2.45, 2.75) is 6.10 Å². The van der Waals surface area contributed by atoms with Gasteiger partial charge >= 0.3 is 0 Å². The average Bonchev–Trinajstić information content (AvgIpc) is 2.41. The Morgan fingerprint density at radius 2 is 2.05 bits per heavy atom. The molecule has 1 fully saturated rings. The lowest BCUT2D eigenvalue weighted by molar-refractivity contribution is 0.0171. The standard InChI is InChI=1S/C13H18Br2N2O2/c14-10-1-2-12(15)13(7-10)16-8-11(18)9-17-3-5-19-6-4-17/h1-2,7,11,16,18H,3-6,8-9H2. The molecule has 1 aromatic rings. The number of aliphatic hydroxyl groups is 1. The monoisotopic (exact) mass is 392 g/mol. The van der Waals surface area contributed by atoms with Crippen LogP contribution in [0.25, 0.3) is 0 Å². The van der Waals surface area contributed by atoms with E-state index in [1.54, 1.807) is 0 Å². The van der Waals surface area contributed by atoms with Crippen molar-refractivity contribution < 1.29 is 9.84 Å². The van der Waals surface area contributed by atoms with E-state index < -0.39 is 0 Å². The Labute approximate surface area is 130 Å². The number of morpholine rings is 1.